The van der Waals surface area contributed by atoms with Crippen LogP contribution in [0.15, 0.2) is 24.3 Å². The van der Waals surface area contributed by atoms with Crippen LogP contribution in [0.25, 0.3) is 0 Å². The van der Waals surface area contributed by atoms with E-state index in [9.17, 15) is 12.9 Å². The summed E-state index contributed by atoms with van der Waals surface area (Å²) in [6.45, 7) is -4.67. The Morgan fingerprint density at radius 3 is 2.13 bits per heavy atom. The first-order chi connectivity index (χ1) is 6.47. The van der Waals surface area contributed by atoms with Gasteiger partial charge in [0.25, 0.3) is 0 Å². The zero-order valence-electron chi connectivity index (χ0n) is 8.22. The Bertz CT molecular complexity index is 291. The van der Waals surface area contributed by atoms with Crippen molar-refractivity contribution in [1.29, 1.82) is 0 Å². The SMILES string of the molecule is F[B-](F)(F)CSCc1ccc(Cl)cc1.[K+]. The molecule has 1 aromatic carbocycles. The maximum atomic E-state index is 11.8. The standard InChI is InChI=1S/C8H8BClF3S.K/c10-8-3-1-7(2-4-8)5-14-6-9(11,12)13;/h1-4H,5-6H2;/q-1;+1. The average molecular weight is 279 g/mol. The monoisotopic (exact) mass is 278 g/mol. The third-order valence-electron chi connectivity index (χ3n) is 1.49. The van der Waals surface area contributed by atoms with Gasteiger partial charge in [-0.25, -0.2) is 0 Å². The molecule has 0 fully saturated rings. The molecule has 0 aliphatic rings. The predicted molar refractivity (Wildman–Crippen MR) is 56.7 cm³/mol. The number of benzene rings is 1. The zero-order valence-corrected chi connectivity index (χ0v) is 12.9. The van der Waals surface area contributed by atoms with E-state index in [4.69, 9.17) is 11.6 Å². The predicted octanol–water partition coefficient (Wildman–Crippen LogP) is 0.964. The number of hydrogen-bond donors (Lipinski definition) is 0. The van der Waals surface area contributed by atoms with Crippen LogP contribution in [0.3, 0.4) is 0 Å². The summed E-state index contributed by atoms with van der Waals surface area (Å²) in [5, 5.41) is 0.596. The molecule has 0 heterocycles. The van der Waals surface area contributed by atoms with Gasteiger partial charge in [-0.15, -0.1) is 0 Å². The molecule has 0 aliphatic carbocycles. The van der Waals surface area contributed by atoms with Crippen molar-refractivity contribution in [3.63, 3.8) is 0 Å². The van der Waals surface area contributed by atoms with E-state index in [1.54, 1.807) is 24.3 Å². The molecule has 78 valence electrons. The molecule has 0 nitrogen and oxygen atoms in total. The topological polar surface area (TPSA) is 0 Å². The van der Waals surface area contributed by atoms with Crippen molar-refractivity contribution in [2.75, 3.05) is 5.65 Å². The largest absolute Gasteiger partial charge is 1.00 e. The van der Waals surface area contributed by atoms with E-state index in [1.807, 2.05) is 0 Å². The molecule has 0 radical (unpaired) electrons. The minimum atomic E-state index is -4.67. The van der Waals surface area contributed by atoms with E-state index in [0.29, 0.717) is 10.8 Å². The minimum Gasteiger partial charge on any atom is -0.448 e. The number of rotatable bonds is 4. The van der Waals surface area contributed by atoms with Crippen molar-refractivity contribution in [2.45, 2.75) is 5.75 Å². The van der Waals surface area contributed by atoms with Crippen LogP contribution >= 0.6 is 23.4 Å². The van der Waals surface area contributed by atoms with Gasteiger partial charge in [-0.05, 0) is 23.3 Å². The Kier molecular flexibility index (Phi) is 8.32. The van der Waals surface area contributed by atoms with Gasteiger partial charge in [0, 0.05) is 10.8 Å². The van der Waals surface area contributed by atoms with Gasteiger partial charge in [-0.2, -0.15) is 11.8 Å². The minimum absolute atomic E-state index is 0. The molecule has 7 heteroatoms. The fraction of sp³-hybridized carbons (Fsp3) is 0.250. The fourth-order valence-electron chi connectivity index (χ4n) is 0.891. The zero-order chi connectivity index (χ0) is 10.6. The molecule has 15 heavy (non-hydrogen) atoms. The Morgan fingerprint density at radius 1 is 1.13 bits per heavy atom. The first-order valence-electron chi connectivity index (χ1n) is 4.00. The van der Waals surface area contributed by atoms with E-state index in [-0.39, 0.29) is 51.4 Å². The van der Waals surface area contributed by atoms with Gasteiger partial charge in [-0.1, -0.05) is 23.7 Å². The number of halogens is 4. The number of thioether (sulfide) groups is 1. The van der Waals surface area contributed by atoms with Gasteiger partial charge in [0.15, 0.2) is 0 Å². The van der Waals surface area contributed by atoms with Crippen LogP contribution in [0.4, 0.5) is 12.9 Å². The second kappa shape index (κ2) is 7.63. The molecule has 0 saturated heterocycles. The second-order valence-electron chi connectivity index (χ2n) is 2.85. The van der Waals surface area contributed by atoms with Crippen molar-refractivity contribution in [1.82, 2.24) is 0 Å². The van der Waals surface area contributed by atoms with E-state index < -0.39 is 12.6 Å². The Labute approximate surface area is 139 Å². The second-order valence-corrected chi connectivity index (χ2v) is 4.32. The Balaban J connectivity index is 0.00000196. The van der Waals surface area contributed by atoms with Crippen LogP contribution < -0.4 is 51.4 Å². The van der Waals surface area contributed by atoms with Crippen molar-refractivity contribution < 1.29 is 64.3 Å². The summed E-state index contributed by atoms with van der Waals surface area (Å²) in [5.74, 6) is 0.373. The van der Waals surface area contributed by atoms with Gasteiger partial charge in [0.05, 0.1) is 0 Å². The first-order valence-corrected chi connectivity index (χ1v) is 5.54. The Hall–Kier alpha value is 1.35. The molecule has 1 aromatic rings. The molecule has 0 unspecified atom stereocenters. The van der Waals surface area contributed by atoms with Crippen LogP contribution in [0, 0.1) is 0 Å². The molecular formula is C8H8BClF3KS. The molecule has 1 rings (SSSR count). The maximum Gasteiger partial charge on any atom is 1.00 e. The van der Waals surface area contributed by atoms with E-state index in [2.05, 4.69) is 0 Å². The third-order valence-corrected chi connectivity index (χ3v) is 2.89. The van der Waals surface area contributed by atoms with E-state index >= 15 is 0 Å². The van der Waals surface area contributed by atoms with Crippen LogP contribution in [0.1, 0.15) is 5.56 Å². The van der Waals surface area contributed by atoms with Crippen molar-refractivity contribution in [2.24, 2.45) is 0 Å². The molecule has 0 N–H and O–H groups in total. The molecule has 0 amide bonds. The third kappa shape index (κ3) is 8.13. The normalized spacial score (nSPS) is 10.9. The first kappa shape index (κ1) is 16.4. The van der Waals surface area contributed by atoms with E-state index in [1.165, 1.54) is 0 Å². The molecule has 0 atom stereocenters. The fourth-order valence-corrected chi connectivity index (χ4v) is 1.83. The van der Waals surface area contributed by atoms with Crippen LogP contribution in [0.2, 0.25) is 5.02 Å². The summed E-state index contributed by atoms with van der Waals surface area (Å²) in [6.07, 6.45) is 0. The summed E-state index contributed by atoms with van der Waals surface area (Å²) in [7, 11) is 0. The molecule has 0 saturated carbocycles. The summed E-state index contributed by atoms with van der Waals surface area (Å²) in [4.78, 5) is 0. The average Bonchev–Trinajstić information content (AvgIpc) is 2.06. The van der Waals surface area contributed by atoms with Gasteiger partial charge in [0.2, 0.25) is 0 Å². The summed E-state index contributed by atoms with van der Waals surface area (Å²) >= 11 is 6.51. The molecular weight excluding hydrogens is 271 g/mol. The van der Waals surface area contributed by atoms with Gasteiger partial charge >= 0.3 is 58.4 Å². The van der Waals surface area contributed by atoms with Crippen molar-refractivity contribution in [3.05, 3.63) is 34.9 Å². The molecule has 0 spiro atoms. The van der Waals surface area contributed by atoms with Crippen LogP contribution in [-0.4, -0.2) is 12.6 Å². The van der Waals surface area contributed by atoms with Gasteiger partial charge in [0.1, 0.15) is 0 Å². The van der Waals surface area contributed by atoms with E-state index in [0.717, 1.165) is 17.3 Å². The number of hydrogen-bond acceptors (Lipinski definition) is 1. The summed E-state index contributed by atoms with van der Waals surface area (Å²) in [6, 6.07) is 6.82. The van der Waals surface area contributed by atoms with Gasteiger partial charge in [-0.3, -0.25) is 0 Å². The summed E-state index contributed by atoms with van der Waals surface area (Å²) in [5.41, 5.74) is 0.113. The Morgan fingerprint density at radius 2 is 1.67 bits per heavy atom. The molecule has 0 aromatic heterocycles. The quantitative estimate of drug-likeness (QED) is 0.740. The molecule has 0 aliphatic heterocycles. The van der Waals surface area contributed by atoms with Crippen molar-refractivity contribution in [3.8, 4) is 0 Å². The van der Waals surface area contributed by atoms with Gasteiger partial charge < -0.3 is 12.9 Å². The smallest absolute Gasteiger partial charge is 0.448 e. The summed E-state index contributed by atoms with van der Waals surface area (Å²) < 4.78 is 35.5. The van der Waals surface area contributed by atoms with Crippen LogP contribution in [-0.2, 0) is 5.75 Å². The maximum absolute atomic E-state index is 11.8. The van der Waals surface area contributed by atoms with Crippen molar-refractivity contribution >= 4 is 30.3 Å². The van der Waals surface area contributed by atoms with Crippen LogP contribution in [0.5, 0.6) is 0 Å². The molecule has 0 bridgehead atoms.